The minimum absolute atomic E-state index is 0.591. The topological polar surface area (TPSA) is 21.1 Å². The van der Waals surface area contributed by atoms with E-state index in [0.717, 1.165) is 6.54 Å². The van der Waals surface area contributed by atoms with Crippen LogP contribution in [0.3, 0.4) is 0 Å². The highest BCUT2D eigenvalue weighted by atomic mass is 15.2. The van der Waals surface area contributed by atoms with Gasteiger partial charge in [-0.3, -0.25) is 4.90 Å². The third kappa shape index (κ3) is 3.35. The molecule has 0 atom stereocenters. The zero-order chi connectivity index (χ0) is 13.0. The van der Waals surface area contributed by atoms with Crippen LogP contribution in [0.2, 0.25) is 0 Å². The highest BCUT2D eigenvalue weighted by Crippen LogP contribution is 2.36. The molecule has 0 bridgehead atoms. The van der Waals surface area contributed by atoms with Gasteiger partial charge in [0.05, 0.1) is 6.54 Å². The lowest BCUT2D eigenvalue weighted by Crippen LogP contribution is -2.38. The zero-order valence-corrected chi connectivity index (χ0v) is 12.2. The largest absolute Gasteiger partial charge is 0.337 e. The quantitative estimate of drug-likeness (QED) is 0.799. The van der Waals surface area contributed by atoms with Gasteiger partial charge in [-0.2, -0.15) is 0 Å². The van der Waals surface area contributed by atoms with Gasteiger partial charge >= 0.3 is 0 Å². The number of aryl methyl sites for hydroxylation is 1. The molecule has 1 fully saturated rings. The first kappa shape index (κ1) is 13.6. The molecule has 0 spiro atoms. The monoisotopic (exact) mass is 249 g/mol. The summed E-state index contributed by atoms with van der Waals surface area (Å²) in [6.45, 7) is 8.23. The molecule has 18 heavy (non-hydrogen) atoms. The number of piperidine rings is 1. The minimum atomic E-state index is 0.591. The first-order valence-electron chi connectivity index (χ1n) is 7.31. The van der Waals surface area contributed by atoms with Crippen LogP contribution < -0.4 is 0 Å². The predicted octanol–water partition coefficient (Wildman–Crippen LogP) is 3.21. The standard InChI is InChI=1S/C15H27N3/c1-4-5-6-15(2)7-10-18(11-8-15)13-14-16-9-12-17(14)3/h9,12H,4-8,10-11,13H2,1-3H3. The Bertz CT molecular complexity index is 362. The van der Waals surface area contributed by atoms with E-state index in [2.05, 4.69) is 35.3 Å². The van der Waals surface area contributed by atoms with E-state index in [9.17, 15) is 0 Å². The van der Waals surface area contributed by atoms with Gasteiger partial charge < -0.3 is 4.57 Å². The Morgan fingerprint density at radius 1 is 1.33 bits per heavy atom. The van der Waals surface area contributed by atoms with Gasteiger partial charge in [-0.25, -0.2) is 4.98 Å². The summed E-state index contributed by atoms with van der Waals surface area (Å²) in [7, 11) is 2.08. The van der Waals surface area contributed by atoms with E-state index in [1.54, 1.807) is 0 Å². The van der Waals surface area contributed by atoms with E-state index in [-0.39, 0.29) is 0 Å². The fraction of sp³-hybridized carbons (Fsp3) is 0.800. The van der Waals surface area contributed by atoms with Crippen LogP contribution >= 0.6 is 0 Å². The molecule has 0 radical (unpaired) electrons. The first-order valence-corrected chi connectivity index (χ1v) is 7.31. The predicted molar refractivity (Wildman–Crippen MR) is 75.4 cm³/mol. The fourth-order valence-electron chi connectivity index (χ4n) is 2.85. The molecule has 3 nitrogen and oxygen atoms in total. The highest BCUT2D eigenvalue weighted by molar-refractivity contribution is 4.92. The molecule has 0 amide bonds. The Kier molecular flexibility index (Phi) is 4.44. The molecule has 3 heteroatoms. The molecule has 1 aliphatic heterocycles. The lowest BCUT2D eigenvalue weighted by atomic mass is 9.76. The van der Waals surface area contributed by atoms with Crippen LogP contribution in [0.4, 0.5) is 0 Å². The van der Waals surface area contributed by atoms with Crippen molar-refractivity contribution in [2.45, 2.75) is 52.5 Å². The number of rotatable bonds is 5. The molecule has 0 aromatic carbocycles. The second-order valence-corrected chi connectivity index (χ2v) is 6.14. The van der Waals surface area contributed by atoms with Crippen molar-refractivity contribution in [1.29, 1.82) is 0 Å². The molecule has 1 saturated heterocycles. The summed E-state index contributed by atoms with van der Waals surface area (Å²) in [6.07, 6.45) is 10.7. The number of imidazole rings is 1. The summed E-state index contributed by atoms with van der Waals surface area (Å²) < 4.78 is 2.13. The van der Waals surface area contributed by atoms with Crippen molar-refractivity contribution in [2.24, 2.45) is 12.5 Å². The number of hydrogen-bond acceptors (Lipinski definition) is 2. The molecule has 0 unspecified atom stereocenters. The molecular formula is C15H27N3. The van der Waals surface area contributed by atoms with Crippen LogP contribution in [0.15, 0.2) is 12.4 Å². The molecule has 1 aromatic heterocycles. The van der Waals surface area contributed by atoms with Gasteiger partial charge in [-0.05, 0) is 37.8 Å². The summed E-state index contributed by atoms with van der Waals surface area (Å²) >= 11 is 0. The molecule has 102 valence electrons. The molecule has 0 saturated carbocycles. The Morgan fingerprint density at radius 3 is 2.61 bits per heavy atom. The first-order chi connectivity index (χ1) is 8.63. The maximum absolute atomic E-state index is 4.42. The normalized spacial score (nSPS) is 20.2. The van der Waals surface area contributed by atoms with Crippen LogP contribution in [0.1, 0.15) is 51.8 Å². The second-order valence-electron chi connectivity index (χ2n) is 6.14. The second kappa shape index (κ2) is 5.87. The Hall–Kier alpha value is -0.830. The van der Waals surface area contributed by atoms with Gasteiger partial charge in [0, 0.05) is 19.4 Å². The molecule has 1 aromatic rings. The van der Waals surface area contributed by atoms with E-state index in [4.69, 9.17) is 0 Å². The van der Waals surface area contributed by atoms with Gasteiger partial charge in [-0.15, -0.1) is 0 Å². The molecular weight excluding hydrogens is 222 g/mol. The SMILES string of the molecule is CCCCC1(C)CCN(Cc2nccn2C)CC1. The van der Waals surface area contributed by atoms with Crippen LogP contribution in [-0.2, 0) is 13.6 Å². The average molecular weight is 249 g/mol. The third-order valence-electron chi connectivity index (χ3n) is 4.48. The number of hydrogen-bond donors (Lipinski definition) is 0. The summed E-state index contributed by atoms with van der Waals surface area (Å²) in [5.41, 5.74) is 0.591. The van der Waals surface area contributed by atoms with Gasteiger partial charge in [0.1, 0.15) is 5.82 Å². The van der Waals surface area contributed by atoms with Crippen molar-refractivity contribution in [3.63, 3.8) is 0 Å². The number of unbranched alkanes of at least 4 members (excludes halogenated alkanes) is 1. The molecule has 0 N–H and O–H groups in total. The van der Waals surface area contributed by atoms with Crippen LogP contribution in [0, 0.1) is 5.41 Å². The molecule has 1 aliphatic rings. The molecule has 2 heterocycles. The van der Waals surface area contributed by atoms with Gasteiger partial charge in [-0.1, -0.05) is 26.7 Å². The van der Waals surface area contributed by atoms with E-state index >= 15 is 0 Å². The van der Waals surface area contributed by atoms with Gasteiger partial charge in [0.25, 0.3) is 0 Å². The van der Waals surface area contributed by atoms with E-state index < -0.39 is 0 Å². The Balaban J connectivity index is 1.81. The van der Waals surface area contributed by atoms with Crippen molar-refractivity contribution in [3.8, 4) is 0 Å². The van der Waals surface area contributed by atoms with Crippen LogP contribution in [-0.4, -0.2) is 27.5 Å². The maximum atomic E-state index is 4.42. The number of nitrogens with zero attached hydrogens (tertiary/aromatic N) is 3. The summed E-state index contributed by atoms with van der Waals surface area (Å²) in [5.74, 6) is 1.19. The van der Waals surface area contributed by atoms with E-state index in [1.165, 1.54) is 51.0 Å². The summed E-state index contributed by atoms with van der Waals surface area (Å²) in [6, 6.07) is 0. The van der Waals surface area contributed by atoms with Crippen molar-refractivity contribution >= 4 is 0 Å². The van der Waals surface area contributed by atoms with Crippen molar-refractivity contribution in [3.05, 3.63) is 18.2 Å². The van der Waals surface area contributed by atoms with Crippen LogP contribution in [0.5, 0.6) is 0 Å². The van der Waals surface area contributed by atoms with Crippen molar-refractivity contribution in [1.82, 2.24) is 14.5 Å². The smallest absolute Gasteiger partial charge is 0.122 e. The Morgan fingerprint density at radius 2 is 2.06 bits per heavy atom. The molecule has 2 rings (SSSR count). The van der Waals surface area contributed by atoms with Gasteiger partial charge in [0.15, 0.2) is 0 Å². The van der Waals surface area contributed by atoms with Crippen LogP contribution in [0.25, 0.3) is 0 Å². The summed E-state index contributed by atoms with van der Waals surface area (Å²) in [5, 5.41) is 0. The summed E-state index contributed by atoms with van der Waals surface area (Å²) in [4.78, 5) is 6.97. The Labute approximate surface area is 111 Å². The number of likely N-dealkylation sites (tertiary alicyclic amines) is 1. The lowest BCUT2D eigenvalue weighted by molar-refractivity contribution is 0.101. The zero-order valence-electron chi connectivity index (χ0n) is 12.2. The molecule has 0 aliphatic carbocycles. The fourth-order valence-corrected chi connectivity index (χ4v) is 2.85. The third-order valence-corrected chi connectivity index (χ3v) is 4.48. The highest BCUT2D eigenvalue weighted by Gasteiger charge is 2.29. The van der Waals surface area contributed by atoms with Crippen molar-refractivity contribution in [2.75, 3.05) is 13.1 Å². The average Bonchev–Trinajstić information content (AvgIpc) is 2.76. The number of aromatic nitrogens is 2. The van der Waals surface area contributed by atoms with E-state index in [0.29, 0.717) is 5.41 Å². The van der Waals surface area contributed by atoms with Crippen molar-refractivity contribution < 1.29 is 0 Å². The maximum Gasteiger partial charge on any atom is 0.122 e. The van der Waals surface area contributed by atoms with Gasteiger partial charge in [0.2, 0.25) is 0 Å². The van der Waals surface area contributed by atoms with E-state index in [1.807, 2.05) is 12.4 Å². The minimum Gasteiger partial charge on any atom is -0.337 e. The lowest BCUT2D eigenvalue weighted by Gasteiger charge is -2.39.